The van der Waals surface area contributed by atoms with Crippen LogP contribution in [0.1, 0.15) is 0 Å². The van der Waals surface area contributed by atoms with E-state index in [0.717, 1.165) is 17.2 Å². The monoisotopic (exact) mass is 388 g/mol. The molecule has 0 unspecified atom stereocenters. The summed E-state index contributed by atoms with van der Waals surface area (Å²) in [5.41, 5.74) is 0. The number of hydrogen-bond donors (Lipinski definition) is 0. The number of hydrogen-bond acceptors (Lipinski definition) is 3. The number of ether oxygens (including phenoxy) is 3. The van der Waals surface area contributed by atoms with Crippen LogP contribution in [0.15, 0.2) is 72.8 Å². The fraction of sp³-hybridized carbons (Fsp3) is 0.143. The molecule has 0 heterocycles. The second-order valence-corrected chi connectivity index (χ2v) is 8.04. The predicted octanol–water partition coefficient (Wildman–Crippen LogP) is 0.207. The van der Waals surface area contributed by atoms with E-state index in [-0.39, 0.29) is 12.4 Å². The van der Waals surface area contributed by atoms with Crippen molar-refractivity contribution in [3.05, 3.63) is 72.8 Å². The SMILES string of the molecule is COc1ccc([PH+](c2ccc(OC)cc2)c2ccc(OC)cc2)cc1.[Cl-]. The smallest absolute Gasteiger partial charge is 0.119 e. The third-order valence-electron chi connectivity index (χ3n) is 4.14. The molecule has 0 atom stereocenters. The predicted molar refractivity (Wildman–Crippen MR) is 106 cm³/mol. The van der Waals surface area contributed by atoms with E-state index in [2.05, 4.69) is 36.4 Å². The molecule has 0 saturated heterocycles. The van der Waals surface area contributed by atoms with E-state index in [9.17, 15) is 0 Å². The highest BCUT2D eigenvalue weighted by Crippen LogP contribution is 2.34. The van der Waals surface area contributed by atoms with Crippen LogP contribution in [0.3, 0.4) is 0 Å². The highest BCUT2D eigenvalue weighted by atomic mass is 35.5. The molecule has 0 spiro atoms. The normalized spacial score (nSPS) is 10.2. The van der Waals surface area contributed by atoms with E-state index >= 15 is 0 Å². The van der Waals surface area contributed by atoms with Crippen LogP contribution in [0.4, 0.5) is 0 Å². The van der Waals surface area contributed by atoms with Crippen LogP contribution in [-0.2, 0) is 0 Å². The molecule has 0 bridgehead atoms. The van der Waals surface area contributed by atoms with Gasteiger partial charge in [0, 0.05) is 0 Å². The Morgan fingerprint density at radius 3 is 0.885 bits per heavy atom. The van der Waals surface area contributed by atoms with Crippen molar-refractivity contribution in [2.75, 3.05) is 21.3 Å². The maximum Gasteiger partial charge on any atom is 0.119 e. The first-order valence-corrected chi connectivity index (χ1v) is 9.55. The minimum atomic E-state index is -1.12. The third kappa shape index (κ3) is 4.49. The molecule has 26 heavy (non-hydrogen) atoms. The van der Waals surface area contributed by atoms with Crippen molar-refractivity contribution in [2.24, 2.45) is 0 Å². The molecule has 0 aliphatic carbocycles. The van der Waals surface area contributed by atoms with Gasteiger partial charge in [0.15, 0.2) is 0 Å². The Labute approximate surface area is 162 Å². The molecular formula is C21H22ClO3P. The summed E-state index contributed by atoms with van der Waals surface area (Å²) in [5, 5.41) is 3.92. The summed E-state index contributed by atoms with van der Waals surface area (Å²) in [6.45, 7) is 0. The van der Waals surface area contributed by atoms with Crippen molar-refractivity contribution in [3.8, 4) is 17.2 Å². The molecule has 0 amide bonds. The largest absolute Gasteiger partial charge is 1.00 e. The second-order valence-electron chi connectivity index (χ2n) is 5.56. The average molecular weight is 389 g/mol. The lowest BCUT2D eigenvalue weighted by Crippen LogP contribution is -3.00. The zero-order valence-electron chi connectivity index (χ0n) is 15.0. The summed E-state index contributed by atoms with van der Waals surface area (Å²) in [6, 6.07) is 25.1. The topological polar surface area (TPSA) is 27.7 Å². The van der Waals surface area contributed by atoms with Crippen LogP contribution in [-0.4, -0.2) is 21.3 Å². The molecule has 0 aliphatic heterocycles. The zero-order valence-corrected chi connectivity index (χ0v) is 16.8. The van der Waals surface area contributed by atoms with Gasteiger partial charge < -0.3 is 26.6 Å². The molecule has 3 aromatic carbocycles. The van der Waals surface area contributed by atoms with Crippen LogP contribution < -0.4 is 42.5 Å². The summed E-state index contributed by atoms with van der Waals surface area (Å²) in [4.78, 5) is 0. The van der Waals surface area contributed by atoms with E-state index < -0.39 is 7.92 Å². The van der Waals surface area contributed by atoms with E-state index in [1.54, 1.807) is 21.3 Å². The lowest BCUT2D eigenvalue weighted by molar-refractivity contribution is -0.00000582. The minimum Gasteiger partial charge on any atom is -1.00 e. The first-order valence-electron chi connectivity index (χ1n) is 8.05. The van der Waals surface area contributed by atoms with Gasteiger partial charge in [-0.15, -0.1) is 0 Å². The summed E-state index contributed by atoms with van der Waals surface area (Å²) < 4.78 is 15.9. The maximum absolute atomic E-state index is 5.30. The molecule has 5 heteroatoms. The number of methoxy groups -OCH3 is 3. The Kier molecular flexibility index (Phi) is 7.32. The average Bonchev–Trinajstić information content (AvgIpc) is 2.70. The van der Waals surface area contributed by atoms with Gasteiger partial charge in [0.25, 0.3) is 0 Å². The fourth-order valence-corrected chi connectivity index (χ4v) is 5.27. The Bertz CT molecular complexity index is 689. The molecule has 0 N–H and O–H groups in total. The van der Waals surface area contributed by atoms with Crippen LogP contribution >= 0.6 is 7.92 Å². The van der Waals surface area contributed by atoms with Crippen LogP contribution in [0.5, 0.6) is 17.2 Å². The van der Waals surface area contributed by atoms with Crippen molar-refractivity contribution in [1.82, 2.24) is 0 Å². The van der Waals surface area contributed by atoms with Gasteiger partial charge in [-0.05, 0) is 72.8 Å². The van der Waals surface area contributed by atoms with Crippen molar-refractivity contribution in [3.63, 3.8) is 0 Å². The van der Waals surface area contributed by atoms with Gasteiger partial charge in [0.2, 0.25) is 0 Å². The van der Waals surface area contributed by atoms with Crippen LogP contribution in [0.2, 0.25) is 0 Å². The standard InChI is InChI=1S/C21H21O3P.ClH/c1-22-16-4-10-19(11-5-16)25(20-12-6-17(23-2)7-13-20)21-14-8-18(24-3)9-15-21;/h4-15H,1-3H3;1H. The maximum atomic E-state index is 5.30. The molecule has 0 radical (unpaired) electrons. The molecular weight excluding hydrogens is 367 g/mol. The quantitative estimate of drug-likeness (QED) is 0.565. The zero-order chi connectivity index (χ0) is 17.6. The Morgan fingerprint density at radius 1 is 0.462 bits per heavy atom. The minimum absolute atomic E-state index is 0. The fourth-order valence-electron chi connectivity index (χ4n) is 2.77. The Morgan fingerprint density at radius 2 is 0.692 bits per heavy atom. The lowest BCUT2D eigenvalue weighted by atomic mass is 10.3. The lowest BCUT2D eigenvalue weighted by Gasteiger charge is -2.12. The van der Waals surface area contributed by atoms with E-state index in [1.807, 2.05) is 36.4 Å². The summed E-state index contributed by atoms with van der Waals surface area (Å²) in [5.74, 6) is 2.61. The first-order chi connectivity index (χ1) is 12.2. The van der Waals surface area contributed by atoms with Crippen molar-refractivity contribution in [1.29, 1.82) is 0 Å². The Balaban J connectivity index is 0.00000243. The van der Waals surface area contributed by atoms with Gasteiger partial charge in [-0.25, -0.2) is 0 Å². The number of benzene rings is 3. The number of rotatable bonds is 6. The molecule has 3 aromatic rings. The van der Waals surface area contributed by atoms with Gasteiger partial charge >= 0.3 is 0 Å². The molecule has 0 saturated carbocycles. The van der Waals surface area contributed by atoms with Gasteiger partial charge in [0.05, 0.1) is 29.3 Å². The second kappa shape index (κ2) is 9.47. The first kappa shape index (κ1) is 20.1. The van der Waals surface area contributed by atoms with Gasteiger partial charge in [-0.2, -0.15) is 0 Å². The van der Waals surface area contributed by atoms with E-state index in [4.69, 9.17) is 14.2 Å². The summed E-state index contributed by atoms with van der Waals surface area (Å²) in [7, 11) is 3.95. The van der Waals surface area contributed by atoms with E-state index in [0.29, 0.717) is 0 Å². The third-order valence-corrected chi connectivity index (χ3v) is 6.87. The van der Waals surface area contributed by atoms with Gasteiger partial charge in [-0.1, -0.05) is 0 Å². The van der Waals surface area contributed by atoms with Crippen molar-refractivity contribution < 1.29 is 26.6 Å². The molecule has 0 aromatic heterocycles. The van der Waals surface area contributed by atoms with E-state index in [1.165, 1.54) is 15.9 Å². The van der Waals surface area contributed by atoms with Crippen LogP contribution in [0.25, 0.3) is 0 Å². The highest BCUT2D eigenvalue weighted by molar-refractivity contribution is 7.79. The molecule has 0 fully saturated rings. The molecule has 136 valence electrons. The summed E-state index contributed by atoms with van der Waals surface area (Å²) in [6.07, 6.45) is 0. The van der Waals surface area contributed by atoms with Crippen molar-refractivity contribution in [2.45, 2.75) is 0 Å². The van der Waals surface area contributed by atoms with Crippen molar-refractivity contribution >= 4 is 23.8 Å². The molecule has 0 aliphatic rings. The Hall–Kier alpha value is -2.22. The summed E-state index contributed by atoms with van der Waals surface area (Å²) >= 11 is 0. The van der Waals surface area contributed by atoms with Crippen LogP contribution in [0, 0.1) is 0 Å². The number of halogens is 1. The van der Waals surface area contributed by atoms with Gasteiger partial charge in [-0.3, -0.25) is 0 Å². The molecule has 3 nitrogen and oxygen atoms in total. The van der Waals surface area contributed by atoms with Gasteiger partial charge in [0.1, 0.15) is 33.2 Å². The highest BCUT2D eigenvalue weighted by Gasteiger charge is 2.25. The molecule has 3 rings (SSSR count).